The van der Waals surface area contributed by atoms with Crippen molar-refractivity contribution < 1.29 is 4.39 Å². The normalized spacial score (nSPS) is 20.3. The fourth-order valence-electron chi connectivity index (χ4n) is 1.81. The Hall–Kier alpha value is -1.60. The van der Waals surface area contributed by atoms with E-state index in [4.69, 9.17) is 11.0 Å². The molecule has 1 saturated heterocycles. The van der Waals surface area contributed by atoms with E-state index in [0.717, 1.165) is 25.2 Å². The van der Waals surface area contributed by atoms with E-state index in [0.29, 0.717) is 0 Å². The molecule has 2 rings (SSSR count). The Morgan fingerprint density at radius 1 is 1.53 bits per heavy atom. The summed E-state index contributed by atoms with van der Waals surface area (Å²) in [6, 6.07) is 6.65. The van der Waals surface area contributed by atoms with E-state index in [1.54, 1.807) is 12.1 Å². The lowest BCUT2D eigenvalue weighted by Gasteiger charge is -2.18. The van der Waals surface area contributed by atoms with Gasteiger partial charge in [-0.25, -0.2) is 4.39 Å². The van der Waals surface area contributed by atoms with Gasteiger partial charge in [-0.2, -0.15) is 5.26 Å². The summed E-state index contributed by atoms with van der Waals surface area (Å²) in [4.78, 5) is 2.04. The molecule has 78 valence electrons. The molecule has 1 aromatic rings. The maximum Gasteiger partial charge on any atom is 0.143 e. The van der Waals surface area contributed by atoms with Crippen LogP contribution in [0, 0.1) is 17.1 Å². The molecule has 0 saturated carbocycles. The third kappa shape index (κ3) is 1.92. The van der Waals surface area contributed by atoms with Gasteiger partial charge in [0.15, 0.2) is 0 Å². The van der Waals surface area contributed by atoms with Crippen LogP contribution in [0.1, 0.15) is 12.0 Å². The molecule has 0 aromatic heterocycles. The van der Waals surface area contributed by atoms with Crippen molar-refractivity contribution in [3.8, 4) is 6.07 Å². The van der Waals surface area contributed by atoms with Gasteiger partial charge >= 0.3 is 0 Å². The summed E-state index contributed by atoms with van der Waals surface area (Å²) in [6.07, 6.45) is 0.932. The van der Waals surface area contributed by atoms with Crippen molar-refractivity contribution >= 4 is 5.69 Å². The number of hydrogen-bond acceptors (Lipinski definition) is 3. The predicted octanol–water partition coefficient (Wildman–Crippen LogP) is 1.23. The highest BCUT2D eigenvalue weighted by Crippen LogP contribution is 2.21. The maximum absolute atomic E-state index is 13.3. The molecular formula is C11H12FN3. The van der Waals surface area contributed by atoms with Crippen LogP contribution in [-0.2, 0) is 0 Å². The second-order valence-corrected chi connectivity index (χ2v) is 3.77. The van der Waals surface area contributed by atoms with Crippen LogP contribution in [-0.4, -0.2) is 19.1 Å². The van der Waals surface area contributed by atoms with Crippen molar-refractivity contribution in [3.05, 3.63) is 29.6 Å². The first-order valence-corrected chi connectivity index (χ1v) is 4.91. The number of halogens is 1. The van der Waals surface area contributed by atoms with Gasteiger partial charge in [-0.3, -0.25) is 0 Å². The fraction of sp³-hybridized carbons (Fsp3) is 0.364. The smallest absolute Gasteiger partial charge is 0.143 e. The molecule has 1 atom stereocenters. The Bertz CT molecular complexity index is 411. The number of rotatable bonds is 1. The third-order valence-electron chi connectivity index (χ3n) is 2.66. The molecule has 1 aliphatic rings. The van der Waals surface area contributed by atoms with Crippen molar-refractivity contribution in [1.29, 1.82) is 5.26 Å². The molecule has 0 aliphatic carbocycles. The van der Waals surface area contributed by atoms with Crippen molar-refractivity contribution in [3.63, 3.8) is 0 Å². The summed E-state index contributed by atoms with van der Waals surface area (Å²) in [6.45, 7) is 1.61. The summed E-state index contributed by atoms with van der Waals surface area (Å²) in [5.41, 5.74) is 6.66. The van der Waals surface area contributed by atoms with Crippen LogP contribution in [0.5, 0.6) is 0 Å². The van der Waals surface area contributed by atoms with Gasteiger partial charge in [-0.05, 0) is 24.6 Å². The summed E-state index contributed by atoms with van der Waals surface area (Å²) in [5.74, 6) is -0.463. The molecule has 1 unspecified atom stereocenters. The SMILES string of the molecule is N#Cc1ccc(N2CCC(N)C2)cc1F. The zero-order chi connectivity index (χ0) is 10.8. The number of nitriles is 1. The van der Waals surface area contributed by atoms with Crippen LogP contribution in [0.25, 0.3) is 0 Å². The topological polar surface area (TPSA) is 53.0 Å². The van der Waals surface area contributed by atoms with Gasteiger partial charge < -0.3 is 10.6 Å². The van der Waals surface area contributed by atoms with Crippen LogP contribution in [0.3, 0.4) is 0 Å². The van der Waals surface area contributed by atoms with E-state index in [9.17, 15) is 4.39 Å². The Labute approximate surface area is 87.9 Å². The van der Waals surface area contributed by atoms with Crippen LogP contribution in [0.15, 0.2) is 18.2 Å². The molecule has 0 radical (unpaired) electrons. The Balaban J connectivity index is 2.24. The minimum atomic E-state index is -0.463. The molecule has 0 bridgehead atoms. The summed E-state index contributed by atoms with van der Waals surface area (Å²) in [7, 11) is 0. The number of hydrogen-bond donors (Lipinski definition) is 1. The van der Waals surface area contributed by atoms with E-state index in [1.807, 2.05) is 4.90 Å². The Kier molecular flexibility index (Phi) is 2.57. The average Bonchev–Trinajstić information content (AvgIpc) is 2.65. The molecule has 3 nitrogen and oxygen atoms in total. The Morgan fingerprint density at radius 3 is 2.87 bits per heavy atom. The van der Waals surface area contributed by atoms with Gasteiger partial charge in [0.05, 0.1) is 5.56 Å². The van der Waals surface area contributed by atoms with Gasteiger partial charge in [0.25, 0.3) is 0 Å². The van der Waals surface area contributed by atoms with E-state index in [2.05, 4.69) is 0 Å². The molecule has 0 amide bonds. The van der Waals surface area contributed by atoms with E-state index < -0.39 is 5.82 Å². The van der Waals surface area contributed by atoms with Gasteiger partial charge in [0.1, 0.15) is 11.9 Å². The van der Waals surface area contributed by atoms with Crippen LogP contribution >= 0.6 is 0 Å². The van der Waals surface area contributed by atoms with Crippen LogP contribution in [0.4, 0.5) is 10.1 Å². The highest BCUT2D eigenvalue weighted by molar-refractivity contribution is 5.51. The van der Waals surface area contributed by atoms with Crippen LogP contribution < -0.4 is 10.6 Å². The lowest BCUT2D eigenvalue weighted by atomic mass is 10.2. The maximum atomic E-state index is 13.3. The first kappa shape index (κ1) is 9.94. The molecular weight excluding hydrogens is 193 g/mol. The highest BCUT2D eigenvalue weighted by Gasteiger charge is 2.19. The second-order valence-electron chi connectivity index (χ2n) is 3.77. The lowest BCUT2D eigenvalue weighted by molar-refractivity contribution is 0.623. The zero-order valence-corrected chi connectivity index (χ0v) is 8.28. The molecule has 4 heteroatoms. The van der Waals surface area contributed by atoms with Crippen molar-refractivity contribution in [2.24, 2.45) is 5.73 Å². The first-order valence-electron chi connectivity index (χ1n) is 4.91. The van der Waals surface area contributed by atoms with Crippen molar-refractivity contribution in [2.75, 3.05) is 18.0 Å². The molecule has 1 aromatic carbocycles. The summed E-state index contributed by atoms with van der Waals surface area (Å²) in [5, 5.41) is 8.59. The quantitative estimate of drug-likeness (QED) is 0.750. The number of nitrogens with two attached hydrogens (primary N) is 1. The second kappa shape index (κ2) is 3.87. The zero-order valence-electron chi connectivity index (χ0n) is 8.28. The Morgan fingerprint density at radius 2 is 2.33 bits per heavy atom. The number of nitrogens with zero attached hydrogens (tertiary/aromatic N) is 2. The van der Waals surface area contributed by atoms with Crippen molar-refractivity contribution in [1.82, 2.24) is 0 Å². The van der Waals surface area contributed by atoms with Gasteiger partial charge in [0.2, 0.25) is 0 Å². The van der Waals surface area contributed by atoms with Crippen molar-refractivity contribution in [2.45, 2.75) is 12.5 Å². The van der Waals surface area contributed by atoms with Crippen LogP contribution in [0.2, 0.25) is 0 Å². The fourth-order valence-corrected chi connectivity index (χ4v) is 1.81. The lowest BCUT2D eigenvalue weighted by Crippen LogP contribution is -2.26. The highest BCUT2D eigenvalue weighted by atomic mass is 19.1. The minimum Gasteiger partial charge on any atom is -0.370 e. The summed E-state index contributed by atoms with van der Waals surface area (Å²) >= 11 is 0. The third-order valence-corrected chi connectivity index (χ3v) is 2.66. The molecule has 0 spiro atoms. The van der Waals surface area contributed by atoms with Gasteiger partial charge in [0, 0.05) is 24.8 Å². The number of anilines is 1. The van der Waals surface area contributed by atoms with E-state index in [-0.39, 0.29) is 11.6 Å². The summed E-state index contributed by atoms with van der Waals surface area (Å²) < 4.78 is 13.3. The molecule has 1 fully saturated rings. The largest absolute Gasteiger partial charge is 0.370 e. The van der Waals surface area contributed by atoms with E-state index >= 15 is 0 Å². The monoisotopic (exact) mass is 205 g/mol. The number of benzene rings is 1. The molecule has 1 heterocycles. The molecule has 1 aliphatic heterocycles. The minimum absolute atomic E-state index is 0.0854. The molecule has 2 N–H and O–H groups in total. The predicted molar refractivity (Wildman–Crippen MR) is 55.9 cm³/mol. The molecule has 15 heavy (non-hydrogen) atoms. The first-order chi connectivity index (χ1) is 7.20. The van der Waals surface area contributed by atoms with E-state index in [1.165, 1.54) is 12.1 Å². The van der Waals surface area contributed by atoms with Gasteiger partial charge in [-0.15, -0.1) is 0 Å². The standard InChI is InChI=1S/C11H12FN3/c12-11-5-10(2-1-8(11)6-13)15-4-3-9(14)7-15/h1-2,5,9H,3-4,7,14H2. The average molecular weight is 205 g/mol. The van der Waals surface area contributed by atoms with Gasteiger partial charge in [-0.1, -0.05) is 0 Å².